The second-order valence-corrected chi connectivity index (χ2v) is 9.08. The Labute approximate surface area is 187 Å². The van der Waals surface area contributed by atoms with Crippen LogP contribution in [-0.2, 0) is 5.41 Å². The molecule has 0 aromatic heterocycles. The molecule has 0 bridgehead atoms. The molecule has 0 saturated carbocycles. The third-order valence-electron chi connectivity index (χ3n) is 5.94. The van der Waals surface area contributed by atoms with Crippen LogP contribution in [0.3, 0.4) is 0 Å². The number of fused-ring (bicyclic) bond motifs is 2. The van der Waals surface area contributed by atoms with Crippen molar-refractivity contribution >= 4 is 40.3 Å². The third-order valence-corrected chi connectivity index (χ3v) is 6.37. The van der Waals surface area contributed by atoms with Crippen LogP contribution in [0.25, 0.3) is 11.1 Å². The average molecular weight is 430 g/mol. The Morgan fingerprint density at radius 1 is 0.600 bits per heavy atom. The SMILES string of the molecule is CC1(C)c2ccccc2N(c2cccc(-c3cc(Cl)cc(Cl)c3)c2)c2ccccc21. The zero-order chi connectivity index (χ0) is 20.9. The van der Waals surface area contributed by atoms with Crippen LogP contribution in [0.15, 0.2) is 91.0 Å². The fourth-order valence-electron chi connectivity index (χ4n) is 4.49. The number of hydrogen-bond donors (Lipinski definition) is 0. The summed E-state index contributed by atoms with van der Waals surface area (Å²) in [5.74, 6) is 0. The number of para-hydroxylation sites is 2. The second kappa shape index (κ2) is 7.19. The van der Waals surface area contributed by atoms with Gasteiger partial charge in [0.2, 0.25) is 0 Å². The molecular weight excluding hydrogens is 409 g/mol. The lowest BCUT2D eigenvalue weighted by Gasteiger charge is -2.42. The van der Waals surface area contributed by atoms with Gasteiger partial charge in [-0.15, -0.1) is 0 Å². The highest BCUT2D eigenvalue weighted by molar-refractivity contribution is 6.35. The van der Waals surface area contributed by atoms with E-state index in [0.29, 0.717) is 10.0 Å². The maximum Gasteiger partial charge on any atom is 0.0502 e. The average Bonchev–Trinajstić information content (AvgIpc) is 2.74. The predicted molar refractivity (Wildman–Crippen MR) is 129 cm³/mol. The van der Waals surface area contributed by atoms with Crippen LogP contribution in [0, 0.1) is 0 Å². The third kappa shape index (κ3) is 3.10. The van der Waals surface area contributed by atoms with E-state index in [2.05, 4.69) is 91.5 Å². The number of benzene rings is 4. The van der Waals surface area contributed by atoms with Crippen LogP contribution in [0.1, 0.15) is 25.0 Å². The van der Waals surface area contributed by atoms with E-state index in [9.17, 15) is 0 Å². The van der Waals surface area contributed by atoms with Gasteiger partial charge in [0.15, 0.2) is 0 Å². The summed E-state index contributed by atoms with van der Waals surface area (Å²) in [6.45, 7) is 4.60. The summed E-state index contributed by atoms with van der Waals surface area (Å²) < 4.78 is 0. The van der Waals surface area contributed by atoms with Crippen LogP contribution >= 0.6 is 23.2 Å². The fourth-order valence-corrected chi connectivity index (χ4v) is 5.02. The van der Waals surface area contributed by atoms with Gasteiger partial charge in [-0.3, -0.25) is 0 Å². The highest BCUT2D eigenvalue weighted by Gasteiger charge is 2.36. The molecule has 0 spiro atoms. The number of hydrogen-bond acceptors (Lipinski definition) is 1. The monoisotopic (exact) mass is 429 g/mol. The molecule has 148 valence electrons. The van der Waals surface area contributed by atoms with E-state index in [4.69, 9.17) is 23.2 Å². The molecule has 1 aliphatic rings. The molecule has 0 radical (unpaired) electrons. The van der Waals surface area contributed by atoms with E-state index in [-0.39, 0.29) is 5.41 Å². The Kier molecular flexibility index (Phi) is 4.61. The summed E-state index contributed by atoms with van der Waals surface area (Å²) in [5, 5.41) is 1.27. The van der Waals surface area contributed by atoms with Crippen molar-refractivity contribution in [2.75, 3.05) is 4.90 Å². The van der Waals surface area contributed by atoms with Crippen molar-refractivity contribution in [3.8, 4) is 11.1 Å². The Morgan fingerprint density at radius 3 is 1.77 bits per heavy atom. The van der Waals surface area contributed by atoms with Crippen molar-refractivity contribution in [1.29, 1.82) is 0 Å². The molecule has 0 aliphatic carbocycles. The Bertz CT molecular complexity index is 1190. The van der Waals surface area contributed by atoms with Gasteiger partial charge in [0.25, 0.3) is 0 Å². The van der Waals surface area contributed by atoms with Crippen molar-refractivity contribution in [3.63, 3.8) is 0 Å². The van der Waals surface area contributed by atoms with Gasteiger partial charge in [0, 0.05) is 21.1 Å². The number of anilines is 3. The van der Waals surface area contributed by atoms with E-state index in [1.165, 1.54) is 22.5 Å². The topological polar surface area (TPSA) is 3.24 Å². The maximum absolute atomic E-state index is 6.26. The van der Waals surface area contributed by atoms with Crippen LogP contribution in [0.4, 0.5) is 17.1 Å². The Morgan fingerprint density at radius 2 is 1.17 bits per heavy atom. The van der Waals surface area contributed by atoms with E-state index < -0.39 is 0 Å². The molecular formula is C27H21Cl2N. The normalized spacial score (nSPS) is 14.2. The van der Waals surface area contributed by atoms with Crippen molar-refractivity contribution < 1.29 is 0 Å². The van der Waals surface area contributed by atoms with E-state index in [1.807, 2.05) is 12.1 Å². The summed E-state index contributed by atoms with van der Waals surface area (Å²) in [6, 6.07) is 31.5. The molecule has 0 N–H and O–H groups in total. The van der Waals surface area contributed by atoms with Gasteiger partial charge in [-0.05, 0) is 64.7 Å². The highest BCUT2D eigenvalue weighted by Crippen LogP contribution is 2.51. The second-order valence-electron chi connectivity index (χ2n) is 8.20. The molecule has 1 aliphatic heterocycles. The molecule has 4 aromatic carbocycles. The zero-order valence-electron chi connectivity index (χ0n) is 16.9. The van der Waals surface area contributed by atoms with Crippen molar-refractivity contribution in [1.82, 2.24) is 0 Å². The first-order valence-electron chi connectivity index (χ1n) is 10.0. The molecule has 30 heavy (non-hydrogen) atoms. The number of rotatable bonds is 2. The van der Waals surface area contributed by atoms with E-state index in [1.54, 1.807) is 6.07 Å². The first-order valence-corrected chi connectivity index (χ1v) is 10.8. The van der Waals surface area contributed by atoms with Crippen LogP contribution in [-0.4, -0.2) is 0 Å². The van der Waals surface area contributed by atoms with E-state index in [0.717, 1.165) is 16.8 Å². The lowest BCUT2D eigenvalue weighted by Crippen LogP contribution is -2.30. The molecule has 4 aromatic rings. The summed E-state index contributed by atoms with van der Waals surface area (Å²) in [5.41, 5.74) is 8.19. The van der Waals surface area contributed by atoms with Crippen LogP contribution in [0.5, 0.6) is 0 Å². The smallest absolute Gasteiger partial charge is 0.0502 e. The minimum atomic E-state index is -0.0677. The molecule has 3 heteroatoms. The standard InChI is InChI=1S/C27H21Cl2N/c1-27(2)23-10-3-5-12-25(23)30(26-13-6-4-11-24(26)27)22-9-7-8-18(16-22)19-14-20(28)17-21(29)15-19/h3-17H,1-2H3. The zero-order valence-corrected chi connectivity index (χ0v) is 18.4. The molecule has 5 rings (SSSR count). The highest BCUT2D eigenvalue weighted by atomic mass is 35.5. The molecule has 0 amide bonds. The molecule has 0 fully saturated rings. The van der Waals surface area contributed by atoms with Gasteiger partial charge in [-0.2, -0.15) is 0 Å². The first-order chi connectivity index (χ1) is 14.4. The van der Waals surface area contributed by atoms with Gasteiger partial charge >= 0.3 is 0 Å². The summed E-state index contributed by atoms with van der Waals surface area (Å²) >= 11 is 12.5. The maximum atomic E-state index is 6.26. The van der Waals surface area contributed by atoms with Crippen molar-refractivity contribution in [2.24, 2.45) is 0 Å². The van der Waals surface area contributed by atoms with Gasteiger partial charge in [-0.1, -0.05) is 85.6 Å². The Hall–Kier alpha value is -2.74. The quantitative estimate of drug-likeness (QED) is 0.307. The van der Waals surface area contributed by atoms with Crippen molar-refractivity contribution in [2.45, 2.75) is 19.3 Å². The first kappa shape index (κ1) is 19.2. The summed E-state index contributed by atoms with van der Waals surface area (Å²) in [7, 11) is 0. The minimum Gasteiger partial charge on any atom is -0.310 e. The predicted octanol–water partition coefficient (Wildman–Crippen LogP) is 8.77. The lowest BCUT2D eigenvalue weighted by atomic mass is 9.73. The molecule has 0 atom stereocenters. The molecule has 0 unspecified atom stereocenters. The van der Waals surface area contributed by atoms with E-state index >= 15 is 0 Å². The van der Waals surface area contributed by atoms with Gasteiger partial charge in [0.1, 0.15) is 0 Å². The minimum absolute atomic E-state index is 0.0677. The number of halogens is 2. The van der Waals surface area contributed by atoms with Gasteiger partial charge < -0.3 is 4.90 Å². The largest absolute Gasteiger partial charge is 0.310 e. The summed E-state index contributed by atoms with van der Waals surface area (Å²) in [4.78, 5) is 2.35. The Balaban J connectivity index is 1.72. The molecule has 1 heterocycles. The number of nitrogens with zero attached hydrogens (tertiary/aromatic N) is 1. The van der Waals surface area contributed by atoms with Crippen LogP contribution in [0.2, 0.25) is 10.0 Å². The molecule has 0 saturated heterocycles. The fraction of sp³-hybridized carbons (Fsp3) is 0.111. The lowest BCUT2D eigenvalue weighted by molar-refractivity contribution is 0.632. The van der Waals surface area contributed by atoms with Crippen molar-refractivity contribution in [3.05, 3.63) is 112 Å². The summed E-state index contributed by atoms with van der Waals surface area (Å²) in [6.07, 6.45) is 0. The van der Waals surface area contributed by atoms with Crippen LogP contribution < -0.4 is 4.90 Å². The molecule has 1 nitrogen and oxygen atoms in total. The van der Waals surface area contributed by atoms with Gasteiger partial charge in [-0.25, -0.2) is 0 Å². The van der Waals surface area contributed by atoms with Gasteiger partial charge in [0.05, 0.1) is 11.4 Å².